The summed E-state index contributed by atoms with van der Waals surface area (Å²) in [4.78, 5) is 39.0. The van der Waals surface area contributed by atoms with Gasteiger partial charge in [0.1, 0.15) is 6.61 Å². The summed E-state index contributed by atoms with van der Waals surface area (Å²) in [5.74, 6) is -1.19. The molecule has 2 aliphatic rings. The third-order valence-electron chi connectivity index (χ3n) is 7.67. The first-order valence-electron chi connectivity index (χ1n) is 12.4. The van der Waals surface area contributed by atoms with Crippen molar-refractivity contribution in [2.75, 3.05) is 19.7 Å². The van der Waals surface area contributed by atoms with E-state index in [0.717, 1.165) is 17.5 Å². The lowest BCUT2D eigenvalue weighted by atomic mass is 9.81. The van der Waals surface area contributed by atoms with Crippen molar-refractivity contribution in [1.29, 1.82) is 0 Å². The summed E-state index contributed by atoms with van der Waals surface area (Å²) < 4.78 is 5.65. The van der Waals surface area contributed by atoms with Gasteiger partial charge < -0.3 is 20.1 Å². The zero-order chi connectivity index (χ0) is 25.2. The maximum atomic E-state index is 13.0. The Morgan fingerprint density at radius 2 is 1.71 bits per heavy atom. The fraction of sp³-hybridized carbons (Fsp3) is 0.464. The smallest absolute Gasteiger partial charge is 0.407 e. The Labute approximate surface area is 206 Å². The summed E-state index contributed by atoms with van der Waals surface area (Å²) >= 11 is 0. The van der Waals surface area contributed by atoms with Gasteiger partial charge in [0.2, 0.25) is 5.91 Å². The van der Waals surface area contributed by atoms with E-state index in [1.54, 1.807) is 11.8 Å². The van der Waals surface area contributed by atoms with E-state index in [4.69, 9.17) is 4.74 Å². The molecule has 2 aromatic carbocycles. The van der Waals surface area contributed by atoms with Crippen LogP contribution in [0, 0.1) is 11.3 Å². The van der Waals surface area contributed by atoms with Crippen molar-refractivity contribution in [1.82, 2.24) is 10.2 Å². The van der Waals surface area contributed by atoms with Crippen LogP contribution < -0.4 is 5.32 Å². The van der Waals surface area contributed by atoms with Crippen molar-refractivity contribution in [2.45, 2.75) is 52.0 Å². The standard InChI is InChI=1S/C28H34N2O5/c1-4-9-19(14-25(31)30-15-18(2)28(3,17-30)26(32)33)29-27(34)35-16-24-22-12-7-5-10-20(22)21-11-6-8-13-23(21)24/h5-8,10-13,18-19,24H,4,9,14-17H2,1-3H3,(H,29,34)(H,32,33)/t18-,19-,28-/m0/s1. The average Bonchev–Trinajstić information content (AvgIpc) is 3.33. The Morgan fingerprint density at radius 1 is 1.11 bits per heavy atom. The molecule has 2 aromatic rings. The van der Waals surface area contributed by atoms with Crippen LogP contribution in [0.3, 0.4) is 0 Å². The van der Waals surface area contributed by atoms with Gasteiger partial charge in [-0.3, -0.25) is 9.59 Å². The topological polar surface area (TPSA) is 95.9 Å². The van der Waals surface area contributed by atoms with Crippen LogP contribution in [0.25, 0.3) is 11.1 Å². The molecule has 1 aliphatic carbocycles. The van der Waals surface area contributed by atoms with Crippen molar-refractivity contribution in [2.24, 2.45) is 11.3 Å². The zero-order valence-corrected chi connectivity index (χ0v) is 20.6. The third-order valence-corrected chi connectivity index (χ3v) is 7.67. The van der Waals surface area contributed by atoms with E-state index in [9.17, 15) is 19.5 Å². The lowest BCUT2D eigenvalue weighted by Crippen LogP contribution is -2.41. The second kappa shape index (κ2) is 10.1. The van der Waals surface area contributed by atoms with E-state index in [2.05, 4.69) is 29.6 Å². The highest BCUT2D eigenvalue weighted by Crippen LogP contribution is 2.44. The molecule has 1 heterocycles. The average molecular weight is 479 g/mol. The lowest BCUT2D eigenvalue weighted by molar-refractivity contribution is -0.149. The Bertz CT molecular complexity index is 1070. The van der Waals surface area contributed by atoms with Gasteiger partial charge in [-0.05, 0) is 41.5 Å². The van der Waals surface area contributed by atoms with Crippen LogP contribution in [0.15, 0.2) is 48.5 Å². The highest BCUT2D eigenvalue weighted by atomic mass is 16.5. The van der Waals surface area contributed by atoms with E-state index in [0.29, 0.717) is 13.0 Å². The molecule has 0 saturated carbocycles. The number of fused-ring (bicyclic) bond motifs is 3. The molecule has 3 atom stereocenters. The minimum absolute atomic E-state index is 0.0285. The second-order valence-electron chi connectivity index (χ2n) is 10.1. The van der Waals surface area contributed by atoms with Crippen LogP contribution in [0.4, 0.5) is 4.79 Å². The minimum atomic E-state index is -0.948. The molecule has 7 heteroatoms. The van der Waals surface area contributed by atoms with Crippen LogP contribution in [0.2, 0.25) is 0 Å². The van der Waals surface area contributed by atoms with Crippen LogP contribution in [-0.2, 0) is 14.3 Å². The lowest BCUT2D eigenvalue weighted by Gasteiger charge is -2.24. The van der Waals surface area contributed by atoms with Gasteiger partial charge in [-0.1, -0.05) is 68.8 Å². The number of carboxylic acids is 1. The van der Waals surface area contributed by atoms with Crippen molar-refractivity contribution >= 4 is 18.0 Å². The first-order valence-corrected chi connectivity index (χ1v) is 12.4. The van der Waals surface area contributed by atoms with Crippen LogP contribution in [0.1, 0.15) is 57.1 Å². The van der Waals surface area contributed by atoms with Crippen molar-refractivity contribution in [3.05, 3.63) is 59.7 Å². The number of nitrogens with zero attached hydrogens (tertiary/aromatic N) is 1. The van der Waals surface area contributed by atoms with Crippen LogP contribution in [0.5, 0.6) is 0 Å². The predicted octanol–water partition coefficient (Wildman–Crippen LogP) is 4.65. The molecule has 0 spiro atoms. The number of carboxylic acid groups (broad SMARTS) is 1. The van der Waals surface area contributed by atoms with Crippen molar-refractivity contribution in [3.8, 4) is 11.1 Å². The third kappa shape index (κ3) is 4.90. The molecule has 2 N–H and O–H groups in total. The molecule has 0 radical (unpaired) electrons. The number of carbonyl (C=O) groups excluding carboxylic acids is 2. The number of benzene rings is 2. The monoisotopic (exact) mass is 478 g/mol. The molecule has 2 amide bonds. The zero-order valence-electron chi connectivity index (χ0n) is 20.6. The summed E-state index contributed by atoms with van der Waals surface area (Å²) in [6.07, 6.45) is 1.02. The summed E-state index contributed by atoms with van der Waals surface area (Å²) in [6.45, 7) is 6.35. The number of alkyl carbamates (subject to hydrolysis) is 1. The molecular weight excluding hydrogens is 444 g/mol. The molecule has 0 bridgehead atoms. The van der Waals surface area contributed by atoms with Gasteiger partial charge in [-0.15, -0.1) is 0 Å². The molecule has 0 unspecified atom stereocenters. The molecule has 35 heavy (non-hydrogen) atoms. The number of likely N-dealkylation sites (tertiary alicyclic amines) is 1. The first-order chi connectivity index (χ1) is 16.7. The maximum Gasteiger partial charge on any atom is 0.407 e. The number of amides is 2. The number of hydrogen-bond donors (Lipinski definition) is 2. The Kier molecular flexibility index (Phi) is 7.15. The number of aliphatic carboxylic acids is 1. The van der Waals surface area contributed by atoms with Gasteiger partial charge >= 0.3 is 12.1 Å². The molecule has 186 valence electrons. The highest BCUT2D eigenvalue weighted by Gasteiger charge is 2.47. The number of hydrogen-bond acceptors (Lipinski definition) is 4. The van der Waals surface area contributed by atoms with Crippen molar-refractivity contribution in [3.63, 3.8) is 0 Å². The van der Waals surface area contributed by atoms with E-state index in [1.165, 1.54) is 11.1 Å². The molecule has 4 rings (SSSR count). The van der Waals surface area contributed by atoms with Crippen LogP contribution in [-0.4, -0.2) is 53.7 Å². The largest absolute Gasteiger partial charge is 0.481 e. The second-order valence-corrected chi connectivity index (χ2v) is 10.1. The summed E-state index contributed by atoms with van der Waals surface area (Å²) in [7, 11) is 0. The van der Waals surface area contributed by atoms with Gasteiger partial charge in [0.15, 0.2) is 0 Å². The molecule has 1 saturated heterocycles. The SMILES string of the molecule is CCC[C@@H](CC(=O)N1C[C@H](C)[C@@](C)(C(=O)O)C1)NC(=O)OCC1c2ccccc2-c2ccccc21. The summed E-state index contributed by atoms with van der Waals surface area (Å²) in [5.41, 5.74) is 3.67. The van der Waals surface area contributed by atoms with Crippen LogP contribution >= 0.6 is 0 Å². The molecule has 7 nitrogen and oxygen atoms in total. The van der Waals surface area contributed by atoms with E-state index >= 15 is 0 Å². The van der Waals surface area contributed by atoms with Gasteiger partial charge in [-0.2, -0.15) is 0 Å². The Balaban J connectivity index is 1.36. The Morgan fingerprint density at radius 3 is 2.26 bits per heavy atom. The van der Waals surface area contributed by atoms with E-state index < -0.39 is 17.5 Å². The first kappa shape index (κ1) is 24.8. The molecule has 1 aliphatic heterocycles. The number of carbonyl (C=O) groups is 3. The maximum absolute atomic E-state index is 13.0. The molecule has 0 aromatic heterocycles. The normalized spacial score (nSPS) is 21.8. The quantitative estimate of drug-likeness (QED) is 0.576. The summed E-state index contributed by atoms with van der Waals surface area (Å²) in [5, 5.41) is 12.5. The van der Waals surface area contributed by atoms with Gasteiger partial charge in [-0.25, -0.2) is 4.79 Å². The fourth-order valence-electron chi connectivity index (χ4n) is 5.34. The van der Waals surface area contributed by atoms with E-state index in [1.807, 2.05) is 38.1 Å². The number of rotatable bonds is 8. The Hall–Kier alpha value is -3.35. The van der Waals surface area contributed by atoms with Gasteiger partial charge in [0.25, 0.3) is 0 Å². The summed E-state index contributed by atoms with van der Waals surface area (Å²) in [6, 6.07) is 16.0. The highest BCUT2D eigenvalue weighted by molar-refractivity contribution is 5.82. The van der Waals surface area contributed by atoms with Crippen molar-refractivity contribution < 1.29 is 24.2 Å². The number of nitrogens with one attached hydrogen (secondary N) is 1. The molecule has 1 fully saturated rings. The minimum Gasteiger partial charge on any atom is -0.481 e. The van der Waals surface area contributed by atoms with Gasteiger partial charge in [0.05, 0.1) is 5.41 Å². The number of ether oxygens (including phenoxy) is 1. The van der Waals surface area contributed by atoms with E-state index in [-0.39, 0.29) is 43.4 Å². The predicted molar refractivity (Wildman–Crippen MR) is 133 cm³/mol. The van der Waals surface area contributed by atoms with Gasteiger partial charge in [0, 0.05) is 31.5 Å². The molecular formula is C28H34N2O5. The fourth-order valence-corrected chi connectivity index (χ4v) is 5.34.